The lowest BCUT2D eigenvalue weighted by molar-refractivity contribution is 0.0625. The molecule has 1 fully saturated rings. The number of benzene rings is 1. The van der Waals surface area contributed by atoms with Crippen LogP contribution in [0.4, 0.5) is 0 Å². The molecule has 1 aliphatic carbocycles. The summed E-state index contributed by atoms with van der Waals surface area (Å²) in [4.78, 5) is 2.35. The molecule has 0 spiro atoms. The number of aliphatic hydroxyl groups excluding tert-OH is 1. The molecular weight excluding hydrogens is 240 g/mol. The van der Waals surface area contributed by atoms with Gasteiger partial charge in [0.25, 0.3) is 0 Å². The molecule has 1 aliphatic heterocycles. The van der Waals surface area contributed by atoms with Gasteiger partial charge in [-0.05, 0) is 55.0 Å². The number of aliphatic hydroxyl groups is 1. The van der Waals surface area contributed by atoms with E-state index in [-0.39, 0.29) is 12.1 Å². The monoisotopic (exact) mass is 262 g/mol. The molecule has 1 aromatic carbocycles. The number of fused-ring (bicyclic) bond motifs is 1. The fourth-order valence-electron chi connectivity index (χ4n) is 3.53. The lowest BCUT2D eigenvalue weighted by atomic mass is 9.97. The molecule has 0 radical (unpaired) electrons. The quantitative estimate of drug-likeness (QED) is 0.739. The van der Waals surface area contributed by atoms with Crippen molar-refractivity contribution in [3.63, 3.8) is 0 Å². The Kier molecular flexibility index (Phi) is 3.48. The van der Waals surface area contributed by atoms with Crippen molar-refractivity contribution in [3.05, 3.63) is 29.3 Å². The van der Waals surface area contributed by atoms with Gasteiger partial charge in [-0.3, -0.25) is 4.90 Å². The minimum absolute atomic E-state index is 0.226. The summed E-state index contributed by atoms with van der Waals surface area (Å²) in [6.07, 6.45) is 2.55. The molecule has 4 nitrogen and oxygen atoms in total. The molecule has 1 unspecified atom stereocenters. The summed E-state index contributed by atoms with van der Waals surface area (Å²) in [7, 11) is 0. The first-order valence-electron chi connectivity index (χ1n) is 7.10. The Morgan fingerprint density at radius 2 is 2.11 bits per heavy atom. The van der Waals surface area contributed by atoms with Crippen LogP contribution in [0, 0.1) is 5.92 Å². The summed E-state index contributed by atoms with van der Waals surface area (Å²) in [6, 6.07) is 5.84. The van der Waals surface area contributed by atoms with E-state index in [1.54, 1.807) is 6.07 Å². The van der Waals surface area contributed by atoms with Crippen molar-refractivity contribution in [2.75, 3.05) is 13.1 Å². The minimum atomic E-state index is -0.257. The zero-order chi connectivity index (χ0) is 13.4. The average Bonchev–Trinajstić information content (AvgIpc) is 2.79. The van der Waals surface area contributed by atoms with E-state index in [0.29, 0.717) is 18.2 Å². The molecule has 3 atom stereocenters. The maximum absolute atomic E-state index is 10.2. The molecule has 4 heteroatoms. The van der Waals surface area contributed by atoms with Gasteiger partial charge in [-0.25, -0.2) is 0 Å². The molecule has 2 aliphatic rings. The van der Waals surface area contributed by atoms with Gasteiger partial charge in [-0.15, -0.1) is 0 Å². The molecule has 0 aromatic heterocycles. The highest BCUT2D eigenvalue weighted by Gasteiger charge is 2.37. The van der Waals surface area contributed by atoms with Gasteiger partial charge in [0.1, 0.15) is 5.75 Å². The number of rotatable bonds is 2. The fraction of sp³-hybridized carbons (Fsp3) is 0.600. The number of hydrogen-bond acceptors (Lipinski definition) is 4. The molecule has 1 heterocycles. The van der Waals surface area contributed by atoms with Crippen LogP contribution in [0.2, 0.25) is 0 Å². The van der Waals surface area contributed by atoms with E-state index in [2.05, 4.69) is 4.90 Å². The van der Waals surface area contributed by atoms with Crippen LogP contribution in [-0.4, -0.2) is 40.3 Å². The van der Waals surface area contributed by atoms with Crippen molar-refractivity contribution in [2.45, 2.75) is 38.0 Å². The average molecular weight is 262 g/mol. The van der Waals surface area contributed by atoms with Crippen LogP contribution in [0.15, 0.2) is 18.2 Å². The van der Waals surface area contributed by atoms with Crippen molar-refractivity contribution in [1.82, 2.24) is 4.90 Å². The van der Waals surface area contributed by atoms with Crippen LogP contribution in [0.3, 0.4) is 0 Å². The Hall–Kier alpha value is -1.10. The summed E-state index contributed by atoms with van der Waals surface area (Å²) in [6.45, 7) is 2.47. The van der Waals surface area contributed by atoms with Crippen molar-refractivity contribution in [3.8, 4) is 5.75 Å². The molecular formula is C15H22N2O2. The number of nitrogens with two attached hydrogens (primary N) is 1. The van der Waals surface area contributed by atoms with Crippen LogP contribution < -0.4 is 5.73 Å². The van der Waals surface area contributed by atoms with Crippen molar-refractivity contribution >= 4 is 0 Å². The Morgan fingerprint density at radius 3 is 2.84 bits per heavy atom. The van der Waals surface area contributed by atoms with Crippen molar-refractivity contribution in [1.29, 1.82) is 0 Å². The summed E-state index contributed by atoms with van der Waals surface area (Å²) in [5.41, 5.74) is 8.23. The highest BCUT2D eigenvalue weighted by atomic mass is 16.3. The number of nitrogens with zero attached hydrogens (tertiary/aromatic N) is 1. The first-order valence-corrected chi connectivity index (χ1v) is 7.10. The van der Waals surface area contributed by atoms with Gasteiger partial charge in [-0.1, -0.05) is 6.07 Å². The third-order valence-corrected chi connectivity index (χ3v) is 4.63. The minimum Gasteiger partial charge on any atom is -0.508 e. The molecule has 3 rings (SSSR count). The summed E-state index contributed by atoms with van der Waals surface area (Å²) >= 11 is 0. The molecule has 4 N–H and O–H groups in total. The van der Waals surface area contributed by atoms with Crippen molar-refractivity contribution in [2.24, 2.45) is 11.7 Å². The van der Waals surface area contributed by atoms with Gasteiger partial charge in [-0.2, -0.15) is 0 Å². The highest BCUT2D eigenvalue weighted by molar-refractivity contribution is 5.36. The molecule has 0 saturated heterocycles. The number of hydrogen-bond donors (Lipinski definition) is 3. The van der Waals surface area contributed by atoms with Gasteiger partial charge in [0.15, 0.2) is 0 Å². The van der Waals surface area contributed by atoms with E-state index < -0.39 is 0 Å². The van der Waals surface area contributed by atoms with Gasteiger partial charge >= 0.3 is 0 Å². The van der Waals surface area contributed by atoms with Gasteiger partial charge in [0.05, 0.1) is 6.10 Å². The Labute approximate surface area is 113 Å². The van der Waals surface area contributed by atoms with E-state index in [1.807, 2.05) is 12.1 Å². The number of aromatic hydroxyl groups is 1. The van der Waals surface area contributed by atoms with E-state index in [9.17, 15) is 10.2 Å². The Morgan fingerprint density at radius 1 is 1.26 bits per heavy atom. The Bertz CT molecular complexity index is 463. The first kappa shape index (κ1) is 12.9. The van der Waals surface area contributed by atoms with Gasteiger partial charge in [0.2, 0.25) is 0 Å². The van der Waals surface area contributed by atoms with Crippen LogP contribution in [0.1, 0.15) is 24.0 Å². The smallest absolute Gasteiger partial charge is 0.115 e. The first-order chi connectivity index (χ1) is 9.17. The maximum atomic E-state index is 10.2. The third-order valence-electron chi connectivity index (χ3n) is 4.63. The molecule has 0 amide bonds. The standard InChI is InChI=1S/C15H22N2O2/c16-8-10-5-14(15(19)6-10)17-4-3-11-1-2-13(18)7-12(11)9-17/h1-2,7,10,14-15,18-19H,3-6,8-9,16H2/t10?,14-,15-/m1/s1. The maximum Gasteiger partial charge on any atom is 0.115 e. The largest absolute Gasteiger partial charge is 0.508 e. The van der Waals surface area contributed by atoms with Gasteiger partial charge < -0.3 is 15.9 Å². The number of phenolic OH excluding ortho intramolecular Hbond substituents is 1. The van der Waals surface area contributed by atoms with Crippen LogP contribution in [-0.2, 0) is 13.0 Å². The molecule has 19 heavy (non-hydrogen) atoms. The van der Waals surface area contributed by atoms with E-state index >= 15 is 0 Å². The lowest BCUT2D eigenvalue weighted by Crippen LogP contribution is -2.43. The zero-order valence-corrected chi connectivity index (χ0v) is 11.1. The second-order valence-corrected chi connectivity index (χ2v) is 5.88. The summed E-state index contributed by atoms with van der Waals surface area (Å²) in [5.74, 6) is 0.776. The topological polar surface area (TPSA) is 69.7 Å². The van der Waals surface area contributed by atoms with E-state index in [1.165, 1.54) is 11.1 Å². The number of phenols is 1. The van der Waals surface area contributed by atoms with Crippen LogP contribution >= 0.6 is 0 Å². The van der Waals surface area contributed by atoms with Crippen LogP contribution in [0.5, 0.6) is 5.75 Å². The molecule has 1 aromatic rings. The predicted molar refractivity (Wildman–Crippen MR) is 73.8 cm³/mol. The third kappa shape index (κ3) is 2.48. The summed E-state index contributed by atoms with van der Waals surface area (Å²) < 4.78 is 0. The highest BCUT2D eigenvalue weighted by Crippen LogP contribution is 2.33. The second-order valence-electron chi connectivity index (χ2n) is 5.88. The second kappa shape index (κ2) is 5.12. The summed E-state index contributed by atoms with van der Waals surface area (Å²) in [5, 5.41) is 19.8. The SMILES string of the molecule is NCC1C[C@@H](O)[C@H](N2CCc3ccc(O)cc3C2)C1. The van der Waals surface area contributed by atoms with E-state index in [0.717, 1.165) is 32.4 Å². The predicted octanol–water partition coefficient (Wildman–Crippen LogP) is 0.848. The Balaban J connectivity index is 1.75. The molecule has 0 bridgehead atoms. The van der Waals surface area contributed by atoms with Gasteiger partial charge in [0, 0.05) is 19.1 Å². The molecule has 104 valence electrons. The fourth-order valence-corrected chi connectivity index (χ4v) is 3.53. The molecule has 1 saturated carbocycles. The normalized spacial score (nSPS) is 31.4. The van der Waals surface area contributed by atoms with Crippen molar-refractivity contribution < 1.29 is 10.2 Å². The van der Waals surface area contributed by atoms with E-state index in [4.69, 9.17) is 5.73 Å². The van der Waals surface area contributed by atoms with Crippen LogP contribution in [0.25, 0.3) is 0 Å². The lowest BCUT2D eigenvalue weighted by Gasteiger charge is -2.35. The zero-order valence-electron chi connectivity index (χ0n) is 11.1.